The van der Waals surface area contributed by atoms with Gasteiger partial charge in [-0.15, -0.1) is 0 Å². The molecule has 0 aliphatic carbocycles. The Morgan fingerprint density at radius 3 is 2.78 bits per heavy atom. The van der Waals surface area contributed by atoms with Crippen molar-refractivity contribution >= 4 is 16.6 Å². The van der Waals surface area contributed by atoms with Crippen molar-refractivity contribution < 1.29 is 13.9 Å². The minimum Gasteiger partial charge on any atom is -0.491 e. The molecule has 0 aliphatic rings. The van der Waals surface area contributed by atoms with Crippen LogP contribution >= 0.6 is 0 Å². The molecule has 18 heavy (non-hydrogen) atoms. The molecule has 2 aromatic rings. The predicted molar refractivity (Wildman–Crippen MR) is 68.0 cm³/mol. The van der Waals surface area contributed by atoms with Crippen molar-refractivity contribution in [2.75, 3.05) is 19.5 Å². The lowest BCUT2D eigenvalue weighted by molar-refractivity contribution is 0.182. The molecular formula is C13H15FN2O2. The number of rotatable bonds is 4. The zero-order valence-corrected chi connectivity index (χ0v) is 10.4. The van der Waals surface area contributed by atoms with E-state index in [0.29, 0.717) is 35.5 Å². The second-order valence-corrected chi connectivity index (χ2v) is 3.87. The van der Waals surface area contributed by atoms with E-state index in [-0.39, 0.29) is 5.75 Å². The van der Waals surface area contributed by atoms with Crippen molar-refractivity contribution in [1.82, 2.24) is 4.98 Å². The van der Waals surface area contributed by atoms with Crippen LogP contribution in [0.5, 0.6) is 5.75 Å². The van der Waals surface area contributed by atoms with Crippen LogP contribution < -0.4 is 10.5 Å². The highest BCUT2D eigenvalue weighted by Crippen LogP contribution is 2.28. The molecule has 1 heterocycles. The molecule has 0 amide bonds. The molecule has 0 saturated heterocycles. The first kappa shape index (κ1) is 12.6. The van der Waals surface area contributed by atoms with E-state index in [1.807, 2.05) is 0 Å². The van der Waals surface area contributed by atoms with Gasteiger partial charge in [0.25, 0.3) is 0 Å². The smallest absolute Gasteiger partial charge is 0.167 e. The van der Waals surface area contributed by atoms with Crippen molar-refractivity contribution in [2.45, 2.75) is 13.5 Å². The predicted octanol–water partition coefficient (Wildman–Crippen LogP) is 2.50. The average molecular weight is 250 g/mol. The van der Waals surface area contributed by atoms with E-state index < -0.39 is 5.82 Å². The fourth-order valence-electron chi connectivity index (χ4n) is 1.80. The Morgan fingerprint density at radius 2 is 2.11 bits per heavy atom. The SMILES string of the molecule is CCOc1cc2c(N)cc(COC)nc2cc1F. The zero-order valence-electron chi connectivity index (χ0n) is 10.4. The molecule has 2 rings (SSSR count). The van der Waals surface area contributed by atoms with E-state index in [1.165, 1.54) is 6.07 Å². The number of ether oxygens (including phenoxy) is 2. The molecule has 4 nitrogen and oxygen atoms in total. The molecule has 0 bridgehead atoms. The highest BCUT2D eigenvalue weighted by Gasteiger charge is 2.10. The monoisotopic (exact) mass is 250 g/mol. The van der Waals surface area contributed by atoms with Crippen LogP contribution in [0.4, 0.5) is 10.1 Å². The quantitative estimate of drug-likeness (QED) is 0.905. The number of aromatic nitrogens is 1. The van der Waals surface area contributed by atoms with Crippen molar-refractivity contribution in [3.63, 3.8) is 0 Å². The van der Waals surface area contributed by atoms with Gasteiger partial charge < -0.3 is 15.2 Å². The van der Waals surface area contributed by atoms with Gasteiger partial charge in [0, 0.05) is 24.2 Å². The van der Waals surface area contributed by atoms with E-state index in [9.17, 15) is 4.39 Å². The second-order valence-electron chi connectivity index (χ2n) is 3.87. The third-order valence-electron chi connectivity index (χ3n) is 2.54. The number of nitrogens with zero attached hydrogens (tertiary/aromatic N) is 1. The molecule has 2 N–H and O–H groups in total. The fraction of sp³-hybridized carbons (Fsp3) is 0.308. The molecule has 0 aliphatic heterocycles. The summed E-state index contributed by atoms with van der Waals surface area (Å²) in [5.74, 6) is -0.246. The van der Waals surface area contributed by atoms with E-state index in [1.54, 1.807) is 26.2 Å². The van der Waals surface area contributed by atoms with Gasteiger partial charge >= 0.3 is 0 Å². The van der Waals surface area contributed by atoms with Crippen molar-refractivity contribution in [2.24, 2.45) is 0 Å². The van der Waals surface area contributed by atoms with Gasteiger partial charge in [0.15, 0.2) is 11.6 Å². The molecule has 0 spiro atoms. The number of fused-ring (bicyclic) bond motifs is 1. The Hall–Kier alpha value is -1.88. The van der Waals surface area contributed by atoms with Crippen molar-refractivity contribution in [1.29, 1.82) is 0 Å². The Balaban J connectivity index is 2.57. The molecule has 0 fully saturated rings. The zero-order chi connectivity index (χ0) is 13.1. The molecule has 0 radical (unpaired) electrons. The van der Waals surface area contributed by atoms with E-state index in [4.69, 9.17) is 15.2 Å². The molecule has 0 unspecified atom stereocenters. The molecule has 1 aromatic carbocycles. The minimum absolute atomic E-state index is 0.193. The molecule has 0 saturated carbocycles. The molecular weight excluding hydrogens is 235 g/mol. The van der Waals surface area contributed by atoms with Gasteiger partial charge in [0.05, 0.1) is 24.4 Å². The number of hydrogen-bond acceptors (Lipinski definition) is 4. The van der Waals surface area contributed by atoms with Crippen molar-refractivity contribution in [3.05, 3.63) is 29.7 Å². The average Bonchev–Trinajstić information content (AvgIpc) is 2.32. The summed E-state index contributed by atoms with van der Waals surface area (Å²) < 4.78 is 23.9. The minimum atomic E-state index is -0.439. The van der Waals surface area contributed by atoms with Crippen LogP contribution in [0.3, 0.4) is 0 Å². The maximum absolute atomic E-state index is 13.7. The number of nitrogen functional groups attached to an aromatic ring is 1. The first-order valence-electron chi connectivity index (χ1n) is 5.66. The highest BCUT2D eigenvalue weighted by molar-refractivity contribution is 5.91. The second kappa shape index (κ2) is 5.18. The van der Waals surface area contributed by atoms with Gasteiger partial charge in [-0.3, -0.25) is 4.98 Å². The number of pyridine rings is 1. The Morgan fingerprint density at radius 1 is 1.33 bits per heavy atom. The van der Waals surface area contributed by atoms with Crippen LogP contribution in [-0.4, -0.2) is 18.7 Å². The van der Waals surface area contributed by atoms with Crippen molar-refractivity contribution in [3.8, 4) is 5.75 Å². The lowest BCUT2D eigenvalue weighted by atomic mass is 10.1. The normalized spacial score (nSPS) is 10.8. The summed E-state index contributed by atoms with van der Waals surface area (Å²) in [4.78, 5) is 4.29. The van der Waals surface area contributed by atoms with E-state index in [0.717, 1.165) is 0 Å². The third kappa shape index (κ3) is 2.36. The maximum Gasteiger partial charge on any atom is 0.167 e. The summed E-state index contributed by atoms with van der Waals surface area (Å²) >= 11 is 0. The summed E-state index contributed by atoms with van der Waals surface area (Å²) in [6.07, 6.45) is 0. The van der Waals surface area contributed by atoms with Gasteiger partial charge in [-0.25, -0.2) is 4.39 Å². The van der Waals surface area contributed by atoms with Gasteiger partial charge in [0.2, 0.25) is 0 Å². The Labute approximate surface area is 105 Å². The number of methoxy groups -OCH3 is 1. The highest BCUT2D eigenvalue weighted by atomic mass is 19.1. The Kier molecular flexibility index (Phi) is 3.62. The molecule has 0 atom stereocenters. The first-order valence-corrected chi connectivity index (χ1v) is 5.66. The number of nitrogens with two attached hydrogens (primary N) is 1. The maximum atomic E-state index is 13.7. The van der Waals surface area contributed by atoms with Crippen LogP contribution in [0.15, 0.2) is 18.2 Å². The first-order chi connectivity index (χ1) is 8.65. The van der Waals surface area contributed by atoms with Crippen LogP contribution in [0.1, 0.15) is 12.6 Å². The molecule has 1 aromatic heterocycles. The topological polar surface area (TPSA) is 57.4 Å². The summed E-state index contributed by atoms with van der Waals surface area (Å²) in [5.41, 5.74) is 7.64. The lowest BCUT2D eigenvalue weighted by Crippen LogP contribution is -2.00. The number of anilines is 1. The van der Waals surface area contributed by atoms with Gasteiger partial charge in [-0.05, 0) is 19.1 Å². The van der Waals surface area contributed by atoms with Gasteiger partial charge in [-0.2, -0.15) is 0 Å². The van der Waals surface area contributed by atoms with Crippen LogP contribution in [-0.2, 0) is 11.3 Å². The van der Waals surface area contributed by atoms with Gasteiger partial charge in [0.1, 0.15) is 0 Å². The number of benzene rings is 1. The van der Waals surface area contributed by atoms with Crippen LogP contribution in [0.2, 0.25) is 0 Å². The fourth-order valence-corrected chi connectivity index (χ4v) is 1.80. The number of halogens is 1. The molecule has 96 valence electrons. The van der Waals surface area contributed by atoms with Gasteiger partial charge in [-0.1, -0.05) is 0 Å². The van der Waals surface area contributed by atoms with Crippen LogP contribution in [0, 0.1) is 5.82 Å². The molecule has 5 heteroatoms. The van der Waals surface area contributed by atoms with E-state index >= 15 is 0 Å². The van der Waals surface area contributed by atoms with E-state index in [2.05, 4.69) is 4.98 Å². The summed E-state index contributed by atoms with van der Waals surface area (Å²) in [5, 5.41) is 0.680. The summed E-state index contributed by atoms with van der Waals surface area (Å²) in [6, 6.07) is 4.63. The third-order valence-corrected chi connectivity index (χ3v) is 2.54. The number of hydrogen-bond donors (Lipinski definition) is 1. The largest absolute Gasteiger partial charge is 0.491 e. The van der Waals surface area contributed by atoms with Crippen LogP contribution in [0.25, 0.3) is 10.9 Å². The Bertz CT molecular complexity index is 572. The summed E-state index contributed by atoms with van der Waals surface area (Å²) in [7, 11) is 1.57. The summed E-state index contributed by atoms with van der Waals surface area (Å²) in [6.45, 7) is 2.54. The standard InChI is InChI=1S/C13H15FN2O2/c1-3-18-13-5-9-11(15)4-8(7-17-2)16-12(9)6-10(13)14/h4-6H,3,7H2,1-2H3,(H2,15,16). The lowest BCUT2D eigenvalue weighted by Gasteiger charge is -2.09.